The Morgan fingerprint density at radius 3 is 2.55 bits per heavy atom. The van der Waals surface area contributed by atoms with E-state index in [9.17, 15) is 4.79 Å². The average Bonchev–Trinajstić information content (AvgIpc) is 2.91. The highest BCUT2D eigenvalue weighted by Gasteiger charge is 2.57. The van der Waals surface area contributed by atoms with E-state index in [1.807, 2.05) is 32.9 Å². The predicted molar refractivity (Wildman–Crippen MR) is 90.4 cm³/mol. The number of benzene rings is 1. The van der Waals surface area contributed by atoms with Gasteiger partial charge in [0.2, 0.25) is 0 Å². The molecule has 0 aliphatic heterocycles. The zero-order valence-corrected chi connectivity index (χ0v) is 14.6. The van der Waals surface area contributed by atoms with Gasteiger partial charge in [-0.15, -0.1) is 0 Å². The lowest BCUT2D eigenvalue weighted by Gasteiger charge is -2.20. The SMILES string of the molecule is CC(C)(C)OC(=O)Nc1ccc(Cl)c([C@H]2[C@H](CN)C2(C)C)c1. The minimum absolute atomic E-state index is 0.142. The summed E-state index contributed by atoms with van der Waals surface area (Å²) < 4.78 is 5.27. The van der Waals surface area contributed by atoms with E-state index in [1.54, 1.807) is 6.07 Å². The van der Waals surface area contributed by atoms with Gasteiger partial charge in [-0.1, -0.05) is 25.4 Å². The molecule has 1 aliphatic rings. The van der Waals surface area contributed by atoms with Gasteiger partial charge in [-0.2, -0.15) is 0 Å². The zero-order chi connectivity index (χ0) is 16.7. The number of anilines is 1. The number of carbonyl (C=O) groups is 1. The van der Waals surface area contributed by atoms with Crippen molar-refractivity contribution in [3.63, 3.8) is 0 Å². The van der Waals surface area contributed by atoms with Crippen LogP contribution in [0.2, 0.25) is 5.02 Å². The second-order valence-corrected chi connectivity index (χ2v) is 7.91. The molecule has 1 amide bonds. The van der Waals surface area contributed by atoms with Gasteiger partial charge in [0.1, 0.15) is 5.60 Å². The van der Waals surface area contributed by atoms with Crippen molar-refractivity contribution in [2.75, 3.05) is 11.9 Å². The molecule has 1 aromatic carbocycles. The Labute approximate surface area is 137 Å². The summed E-state index contributed by atoms with van der Waals surface area (Å²) >= 11 is 6.34. The Kier molecular flexibility index (Phi) is 4.46. The molecule has 1 saturated carbocycles. The summed E-state index contributed by atoms with van der Waals surface area (Å²) in [5, 5.41) is 3.47. The zero-order valence-electron chi connectivity index (χ0n) is 13.9. The van der Waals surface area contributed by atoms with Gasteiger partial charge in [0, 0.05) is 10.7 Å². The number of amides is 1. The van der Waals surface area contributed by atoms with Crippen LogP contribution in [-0.2, 0) is 4.74 Å². The number of hydrogen-bond donors (Lipinski definition) is 2. The van der Waals surface area contributed by atoms with Crippen molar-refractivity contribution in [1.29, 1.82) is 0 Å². The molecule has 2 rings (SSSR count). The maximum atomic E-state index is 11.9. The highest BCUT2D eigenvalue weighted by molar-refractivity contribution is 6.31. The van der Waals surface area contributed by atoms with Crippen LogP contribution in [0.3, 0.4) is 0 Å². The minimum atomic E-state index is -0.525. The Morgan fingerprint density at radius 2 is 2.05 bits per heavy atom. The quantitative estimate of drug-likeness (QED) is 0.866. The number of carbonyl (C=O) groups excluding carboxylic acids is 1. The van der Waals surface area contributed by atoms with Gasteiger partial charge in [-0.3, -0.25) is 5.32 Å². The fourth-order valence-corrected chi connectivity index (χ4v) is 3.32. The molecule has 3 N–H and O–H groups in total. The molecule has 22 heavy (non-hydrogen) atoms. The first-order valence-electron chi connectivity index (χ1n) is 7.56. The lowest BCUT2D eigenvalue weighted by molar-refractivity contribution is 0.0636. The number of halogens is 1. The van der Waals surface area contributed by atoms with Crippen LogP contribution in [-0.4, -0.2) is 18.2 Å². The van der Waals surface area contributed by atoms with Crippen molar-refractivity contribution in [3.8, 4) is 0 Å². The number of ether oxygens (including phenoxy) is 1. The van der Waals surface area contributed by atoms with Gasteiger partial charge < -0.3 is 10.5 Å². The van der Waals surface area contributed by atoms with Crippen molar-refractivity contribution in [2.45, 2.75) is 46.1 Å². The van der Waals surface area contributed by atoms with E-state index in [4.69, 9.17) is 22.1 Å². The first-order valence-corrected chi connectivity index (χ1v) is 7.93. The van der Waals surface area contributed by atoms with Crippen LogP contribution in [0.1, 0.15) is 46.1 Å². The van der Waals surface area contributed by atoms with Gasteiger partial charge in [0.15, 0.2) is 0 Å². The van der Waals surface area contributed by atoms with E-state index < -0.39 is 11.7 Å². The molecular formula is C17H25ClN2O2. The van der Waals surface area contributed by atoms with E-state index in [2.05, 4.69) is 19.2 Å². The van der Waals surface area contributed by atoms with E-state index >= 15 is 0 Å². The third-order valence-corrected chi connectivity index (χ3v) is 4.62. The molecule has 0 spiro atoms. The summed E-state index contributed by atoms with van der Waals surface area (Å²) in [6.45, 7) is 10.5. The molecule has 5 heteroatoms. The number of hydrogen-bond acceptors (Lipinski definition) is 3. The second-order valence-electron chi connectivity index (χ2n) is 7.50. The number of nitrogens with one attached hydrogen (secondary N) is 1. The molecule has 0 heterocycles. The van der Waals surface area contributed by atoms with Crippen molar-refractivity contribution >= 4 is 23.4 Å². The van der Waals surface area contributed by atoms with Crippen LogP contribution in [0.15, 0.2) is 18.2 Å². The monoisotopic (exact) mass is 324 g/mol. The van der Waals surface area contributed by atoms with Gasteiger partial charge in [0.05, 0.1) is 0 Å². The smallest absolute Gasteiger partial charge is 0.412 e. The van der Waals surface area contributed by atoms with Crippen molar-refractivity contribution < 1.29 is 9.53 Å². The molecule has 122 valence electrons. The third-order valence-electron chi connectivity index (χ3n) is 4.28. The topological polar surface area (TPSA) is 64.3 Å². The third kappa shape index (κ3) is 3.55. The summed E-state index contributed by atoms with van der Waals surface area (Å²) in [5.41, 5.74) is 7.18. The lowest BCUT2D eigenvalue weighted by Crippen LogP contribution is -2.27. The summed E-state index contributed by atoms with van der Waals surface area (Å²) in [7, 11) is 0. The molecule has 4 nitrogen and oxygen atoms in total. The van der Waals surface area contributed by atoms with Crippen LogP contribution in [0.5, 0.6) is 0 Å². The summed E-state index contributed by atoms with van der Waals surface area (Å²) in [6, 6.07) is 5.52. The number of rotatable bonds is 3. The molecular weight excluding hydrogens is 300 g/mol. The molecule has 0 unspecified atom stereocenters. The fourth-order valence-electron chi connectivity index (χ4n) is 3.08. The molecule has 1 aliphatic carbocycles. The van der Waals surface area contributed by atoms with E-state index in [0.29, 0.717) is 29.1 Å². The molecule has 1 fully saturated rings. The van der Waals surface area contributed by atoms with Crippen LogP contribution >= 0.6 is 11.6 Å². The van der Waals surface area contributed by atoms with Crippen molar-refractivity contribution in [1.82, 2.24) is 0 Å². The molecule has 1 aromatic rings. The Balaban J connectivity index is 2.17. The highest BCUT2D eigenvalue weighted by atomic mass is 35.5. The largest absolute Gasteiger partial charge is 0.444 e. The molecule has 0 aromatic heterocycles. The maximum Gasteiger partial charge on any atom is 0.412 e. The summed E-state index contributed by atoms with van der Waals surface area (Å²) in [4.78, 5) is 11.9. The van der Waals surface area contributed by atoms with Gasteiger partial charge in [-0.05, 0) is 68.3 Å². The first kappa shape index (κ1) is 17.1. The highest BCUT2D eigenvalue weighted by Crippen LogP contribution is 2.64. The fraction of sp³-hybridized carbons (Fsp3) is 0.588. The molecule has 0 radical (unpaired) electrons. The first-order chi connectivity index (χ1) is 10.1. The van der Waals surface area contributed by atoms with E-state index in [1.165, 1.54) is 0 Å². The number of nitrogens with two attached hydrogens (primary N) is 1. The summed E-state index contributed by atoms with van der Waals surface area (Å²) in [5.74, 6) is 0.743. The molecule has 0 saturated heterocycles. The van der Waals surface area contributed by atoms with Crippen LogP contribution < -0.4 is 11.1 Å². The van der Waals surface area contributed by atoms with Gasteiger partial charge in [-0.25, -0.2) is 4.79 Å². The van der Waals surface area contributed by atoms with Gasteiger partial charge >= 0.3 is 6.09 Å². The van der Waals surface area contributed by atoms with Crippen LogP contribution in [0.4, 0.5) is 10.5 Å². The Bertz CT molecular complexity index is 579. The Hall–Kier alpha value is -1.26. The minimum Gasteiger partial charge on any atom is -0.444 e. The lowest BCUT2D eigenvalue weighted by atomic mass is 10.0. The normalized spacial score (nSPS) is 23.0. The Morgan fingerprint density at radius 1 is 1.41 bits per heavy atom. The second kappa shape index (κ2) is 5.74. The molecule has 0 bridgehead atoms. The standard InChI is InChI=1S/C17H25ClN2O2/c1-16(2,3)22-15(21)20-10-6-7-13(18)11(8-10)14-12(9-19)17(14,4)5/h6-8,12,14H,9,19H2,1-5H3,(H,20,21)/t12-,14-/m0/s1. The molecule has 2 atom stereocenters. The van der Waals surface area contributed by atoms with Crippen molar-refractivity contribution in [2.24, 2.45) is 17.1 Å². The van der Waals surface area contributed by atoms with Gasteiger partial charge in [0.25, 0.3) is 0 Å². The van der Waals surface area contributed by atoms with Crippen LogP contribution in [0.25, 0.3) is 0 Å². The predicted octanol–water partition coefficient (Wildman–Crippen LogP) is 4.39. The van der Waals surface area contributed by atoms with E-state index in [0.717, 1.165) is 5.56 Å². The average molecular weight is 325 g/mol. The van der Waals surface area contributed by atoms with Crippen LogP contribution in [0, 0.1) is 11.3 Å². The van der Waals surface area contributed by atoms with E-state index in [-0.39, 0.29) is 5.41 Å². The van der Waals surface area contributed by atoms with Crippen molar-refractivity contribution in [3.05, 3.63) is 28.8 Å². The summed E-state index contributed by atoms with van der Waals surface area (Å²) in [6.07, 6.45) is -0.466. The maximum absolute atomic E-state index is 11.9.